The maximum Gasteiger partial charge on any atom is 0.287 e. The third-order valence-corrected chi connectivity index (χ3v) is 2.44. The van der Waals surface area contributed by atoms with Crippen molar-refractivity contribution in [1.82, 2.24) is 19.6 Å². The van der Waals surface area contributed by atoms with Gasteiger partial charge in [0.15, 0.2) is 0 Å². The summed E-state index contributed by atoms with van der Waals surface area (Å²) in [5.74, 6) is -0.595. The molecule has 0 fully saturated rings. The van der Waals surface area contributed by atoms with Crippen LogP contribution in [0.5, 0.6) is 0 Å². The summed E-state index contributed by atoms with van der Waals surface area (Å²) >= 11 is 0. The number of aromatic nitrogens is 4. The van der Waals surface area contributed by atoms with Gasteiger partial charge in [-0.3, -0.25) is 4.79 Å². The van der Waals surface area contributed by atoms with Crippen molar-refractivity contribution in [1.29, 1.82) is 0 Å². The molecule has 0 aromatic carbocycles. The van der Waals surface area contributed by atoms with Gasteiger partial charge < -0.3 is 4.98 Å². The van der Waals surface area contributed by atoms with Crippen LogP contribution in [0.4, 0.5) is 4.39 Å². The van der Waals surface area contributed by atoms with E-state index < -0.39 is 11.4 Å². The van der Waals surface area contributed by atoms with Gasteiger partial charge in [0.2, 0.25) is 5.82 Å². The monoisotopic (exact) mass is 230 g/mol. The molecule has 0 atom stereocenters. The molecule has 0 unspecified atom stereocenters. The van der Waals surface area contributed by atoms with Crippen LogP contribution in [0.1, 0.15) is 0 Å². The summed E-state index contributed by atoms with van der Waals surface area (Å²) in [5.41, 5.74) is 0.662. The zero-order valence-corrected chi connectivity index (χ0v) is 8.59. The molecular weight excluding hydrogens is 223 g/mol. The van der Waals surface area contributed by atoms with Gasteiger partial charge in [-0.25, -0.2) is 9.50 Å². The van der Waals surface area contributed by atoms with Gasteiger partial charge in [-0.05, 0) is 12.1 Å². The molecule has 3 aromatic rings. The lowest BCUT2D eigenvalue weighted by atomic mass is 10.2. The summed E-state index contributed by atoms with van der Waals surface area (Å²) in [6, 6.07) is 5.53. The van der Waals surface area contributed by atoms with Crippen molar-refractivity contribution in [2.45, 2.75) is 0 Å². The van der Waals surface area contributed by atoms with Crippen molar-refractivity contribution in [2.24, 2.45) is 0 Å². The predicted molar refractivity (Wildman–Crippen MR) is 59.0 cm³/mol. The molecule has 3 rings (SSSR count). The number of nitrogens with zero attached hydrogens (tertiary/aromatic N) is 3. The van der Waals surface area contributed by atoms with Crippen LogP contribution in [0.2, 0.25) is 0 Å². The maximum atomic E-state index is 12.8. The number of fused-ring (bicyclic) bond motifs is 1. The predicted octanol–water partition coefficient (Wildman–Crippen LogP) is 1.22. The van der Waals surface area contributed by atoms with Crippen molar-refractivity contribution < 1.29 is 4.39 Å². The summed E-state index contributed by atoms with van der Waals surface area (Å²) in [4.78, 5) is 17.4. The number of hydrogen-bond acceptors (Lipinski definition) is 3. The topological polar surface area (TPSA) is 63.0 Å². The van der Waals surface area contributed by atoms with E-state index in [0.717, 1.165) is 11.7 Å². The smallest absolute Gasteiger partial charge is 0.287 e. The quantitative estimate of drug-likeness (QED) is 0.683. The summed E-state index contributed by atoms with van der Waals surface area (Å²) in [6.07, 6.45) is 4.26. The summed E-state index contributed by atoms with van der Waals surface area (Å²) in [5, 5.41) is 4.11. The molecule has 0 spiro atoms. The molecule has 84 valence electrons. The molecule has 0 aliphatic rings. The third kappa shape index (κ3) is 1.50. The lowest BCUT2D eigenvalue weighted by molar-refractivity contribution is 0.601. The minimum absolute atomic E-state index is 0.303. The third-order valence-electron chi connectivity index (χ3n) is 2.44. The maximum absolute atomic E-state index is 12.8. The first kappa shape index (κ1) is 9.71. The van der Waals surface area contributed by atoms with Crippen molar-refractivity contribution in [2.75, 3.05) is 0 Å². The molecule has 0 amide bonds. The number of aromatic amines is 1. The van der Waals surface area contributed by atoms with E-state index >= 15 is 0 Å². The van der Waals surface area contributed by atoms with Crippen molar-refractivity contribution in [3.05, 3.63) is 53.0 Å². The molecule has 1 N–H and O–H groups in total. The van der Waals surface area contributed by atoms with Crippen LogP contribution in [-0.2, 0) is 0 Å². The Labute approximate surface area is 94.6 Å². The van der Waals surface area contributed by atoms with Crippen LogP contribution in [0, 0.1) is 5.82 Å². The molecule has 0 aliphatic heterocycles. The van der Waals surface area contributed by atoms with E-state index in [1.165, 1.54) is 0 Å². The van der Waals surface area contributed by atoms with Crippen molar-refractivity contribution in [3.63, 3.8) is 0 Å². The van der Waals surface area contributed by atoms with Crippen molar-refractivity contribution >= 4 is 5.52 Å². The molecule has 0 aliphatic carbocycles. The Morgan fingerprint density at radius 1 is 1.29 bits per heavy atom. The van der Waals surface area contributed by atoms with Gasteiger partial charge in [0.25, 0.3) is 5.56 Å². The van der Waals surface area contributed by atoms with E-state index in [0.29, 0.717) is 11.4 Å². The highest BCUT2D eigenvalue weighted by atomic mass is 19.1. The molecule has 3 heterocycles. The Hall–Kier alpha value is -2.50. The molecule has 17 heavy (non-hydrogen) atoms. The zero-order chi connectivity index (χ0) is 11.8. The fourth-order valence-electron chi connectivity index (χ4n) is 1.63. The number of rotatable bonds is 1. The van der Waals surface area contributed by atoms with Crippen LogP contribution in [-0.4, -0.2) is 19.6 Å². The van der Waals surface area contributed by atoms with Gasteiger partial charge in [-0.2, -0.15) is 9.49 Å². The molecule has 5 nitrogen and oxygen atoms in total. The van der Waals surface area contributed by atoms with Gasteiger partial charge in [0.05, 0.1) is 23.5 Å². The van der Waals surface area contributed by atoms with Gasteiger partial charge in [-0.15, -0.1) is 0 Å². The molecule has 0 saturated heterocycles. The van der Waals surface area contributed by atoms with E-state index in [1.54, 1.807) is 16.9 Å². The first-order valence-electron chi connectivity index (χ1n) is 4.93. The average Bonchev–Trinajstić information content (AvgIpc) is 2.76. The van der Waals surface area contributed by atoms with Crippen LogP contribution >= 0.6 is 0 Å². The van der Waals surface area contributed by atoms with Gasteiger partial charge in [-0.1, -0.05) is 6.07 Å². The highest BCUT2D eigenvalue weighted by Gasteiger charge is 2.09. The average molecular weight is 230 g/mol. The molecule has 0 saturated carbocycles. The zero-order valence-electron chi connectivity index (χ0n) is 8.59. The Bertz CT molecular complexity index is 746. The Balaban J connectivity index is 2.27. The Morgan fingerprint density at radius 2 is 2.18 bits per heavy atom. The molecular formula is C11H7FN4O. The number of pyridine rings is 1. The lowest BCUT2D eigenvalue weighted by Gasteiger charge is -1.97. The second kappa shape index (κ2) is 3.51. The van der Waals surface area contributed by atoms with Gasteiger partial charge in [0.1, 0.15) is 5.82 Å². The normalized spacial score (nSPS) is 10.9. The number of nitrogens with one attached hydrogen (secondary N) is 1. The summed E-state index contributed by atoms with van der Waals surface area (Å²) < 4.78 is 14.5. The van der Waals surface area contributed by atoms with Gasteiger partial charge >= 0.3 is 0 Å². The van der Waals surface area contributed by atoms with Gasteiger partial charge in [0, 0.05) is 6.20 Å². The minimum atomic E-state index is -0.898. The summed E-state index contributed by atoms with van der Waals surface area (Å²) in [7, 11) is 0. The highest BCUT2D eigenvalue weighted by Crippen LogP contribution is 2.19. The SMILES string of the molecule is O=c1[nH]c(-c2cnn3ccccc23)ncc1F. The van der Waals surface area contributed by atoms with Crippen LogP contribution in [0.25, 0.3) is 16.9 Å². The van der Waals surface area contributed by atoms with E-state index in [2.05, 4.69) is 15.1 Å². The number of hydrogen-bond donors (Lipinski definition) is 1. The molecule has 3 aromatic heterocycles. The molecule has 0 radical (unpaired) electrons. The largest absolute Gasteiger partial charge is 0.304 e. The van der Waals surface area contributed by atoms with E-state index in [9.17, 15) is 9.18 Å². The van der Waals surface area contributed by atoms with Crippen LogP contribution < -0.4 is 5.56 Å². The van der Waals surface area contributed by atoms with Crippen LogP contribution in [0.3, 0.4) is 0 Å². The minimum Gasteiger partial charge on any atom is -0.304 e. The van der Waals surface area contributed by atoms with E-state index in [-0.39, 0.29) is 0 Å². The second-order valence-electron chi connectivity index (χ2n) is 3.50. The molecule has 6 heteroatoms. The fraction of sp³-hybridized carbons (Fsp3) is 0. The first-order valence-corrected chi connectivity index (χ1v) is 4.93. The Kier molecular flexibility index (Phi) is 2.01. The second-order valence-corrected chi connectivity index (χ2v) is 3.50. The molecule has 0 bridgehead atoms. The fourth-order valence-corrected chi connectivity index (χ4v) is 1.63. The van der Waals surface area contributed by atoms with Crippen LogP contribution in [0.15, 0.2) is 41.6 Å². The Morgan fingerprint density at radius 3 is 3.00 bits per heavy atom. The number of H-pyrrole nitrogens is 1. The first-order chi connectivity index (χ1) is 8.25. The highest BCUT2D eigenvalue weighted by molar-refractivity contribution is 5.75. The summed E-state index contributed by atoms with van der Waals surface area (Å²) in [6.45, 7) is 0. The van der Waals surface area contributed by atoms with E-state index in [1.807, 2.05) is 18.2 Å². The number of halogens is 1. The van der Waals surface area contributed by atoms with E-state index in [4.69, 9.17) is 0 Å². The standard InChI is InChI=1S/C11H7FN4O/c12-8-6-13-10(15-11(8)17)7-5-14-16-4-2-1-3-9(7)16/h1-6H,(H,13,15,17). The van der Waals surface area contributed by atoms with Crippen molar-refractivity contribution in [3.8, 4) is 11.4 Å². The lowest BCUT2D eigenvalue weighted by Crippen LogP contribution is -2.12.